The molecule has 2 unspecified atom stereocenters. The van der Waals surface area contributed by atoms with E-state index < -0.39 is 17.7 Å². The second-order valence-corrected chi connectivity index (χ2v) is 10.8. The van der Waals surface area contributed by atoms with Crippen molar-refractivity contribution in [1.29, 1.82) is 0 Å². The maximum absolute atomic E-state index is 12.6. The van der Waals surface area contributed by atoms with E-state index in [0.29, 0.717) is 17.1 Å². The standard InChI is InChI=1S/C29H34ClNO3/c1-19-22(12-10-18-31(6)7)29(5)17-9-8-11-23(29)25(20-13-15-21(30)16-14-20)24(19)26(27(32)33)34-28(2,3)4/h8-9,11,13-16,26H,17-18H2,1-7H3,(H,32,33). The summed E-state index contributed by atoms with van der Waals surface area (Å²) in [5.74, 6) is 5.68. The Hall–Kier alpha value is -2.58. The van der Waals surface area contributed by atoms with Crippen molar-refractivity contribution >= 4 is 23.1 Å². The van der Waals surface area contributed by atoms with E-state index in [2.05, 4.69) is 30.9 Å². The number of carbonyl (C=O) groups is 1. The molecular formula is C29H34ClNO3. The van der Waals surface area contributed by atoms with Crippen molar-refractivity contribution in [2.24, 2.45) is 5.41 Å². The number of ether oxygens (including phenoxy) is 1. The molecule has 0 saturated carbocycles. The summed E-state index contributed by atoms with van der Waals surface area (Å²) in [6.45, 7) is 10.4. The molecule has 1 aromatic carbocycles. The van der Waals surface area contributed by atoms with Crippen molar-refractivity contribution in [1.82, 2.24) is 4.90 Å². The van der Waals surface area contributed by atoms with Crippen LogP contribution in [0.1, 0.15) is 46.6 Å². The van der Waals surface area contributed by atoms with Gasteiger partial charge in [0.15, 0.2) is 6.10 Å². The van der Waals surface area contributed by atoms with Crippen LogP contribution in [0.5, 0.6) is 0 Å². The van der Waals surface area contributed by atoms with Crippen LogP contribution in [0.25, 0.3) is 5.57 Å². The van der Waals surface area contributed by atoms with Gasteiger partial charge in [0.25, 0.3) is 0 Å². The Balaban J connectivity index is 2.41. The van der Waals surface area contributed by atoms with Gasteiger partial charge in [-0.2, -0.15) is 0 Å². The first-order valence-electron chi connectivity index (χ1n) is 11.5. The fourth-order valence-electron chi connectivity index (χ4n) is 4.60. The average Bonchev–Trinajstić information content (AvgIpc) is 2.73. The normalized spacial score (nSPS) is 21.1. The van der Waals surface area contributed by atoms with E-state index in [1.807, 2.05) is 77.0 Å². The van der Waals surface area contributed by atoms with E-state index in [4.69, 9.17) is 16.3 Å². The Kier molecular flexibility index (Phi) is 7.62. The van der Waals surface area contributed by atoms with E-state index in [0.717, 1.165) is 34.3 Å². The molecule has 1 aromatic rings. The Bertz CT molecular complexity index is 1150. The molecule has 34 heavy (non-hydrogen) atoms. The molecule has 5 heteroatoms. The number of aliphatic carboxylic acids is 1. The quantitative estimate of drug-likeness (QED) is 0.514. The second-order valence-electron chi connectivity index (χ2n) is 10.3. The molecular weight excluding hydrogens is 446 g/mol. The number of nitrogens with zero attached hydrogens (tertiary/aromatic N) is 1. The number of rotatable bonds is 5. The van der Waals surface area contributed by atoms with Gasteiger partial charge in [0.1, 0.15) is 0 Å². The Labute approximate surface area is 208 Å². The maximum Gasteiger partial charge on any atom is 0.337 e. The highest BCUT2D eigenvalue weighted by Crippen LogP contribution is 2.54. The highest BCUT2D eigenvalue weighted by atomic mass is 35.5. The minimum Gasteiger partial charge on any atom is -0.479 e. The zero-order chi connectivity index (χ0) is 25.3. The predicted molar refractivity (Wildman–Crippen MR) is 140 cm³/mol. The van der Waals surface area contributed by atoms with Crippen molar-refractivity contribution in [3.05, 3.63) is 75.4 Å². The molecule has 0 aliphatic heterocycles. The van der Waals surface area contributed by atoms with Gasteiger partial charge in [-0.05, 0) is 82.6 Å². The molecule has 0 amide bonds. The molecule has 0 aromatic heterocycles. The fourth-order valence-corrected chi connectivity index (χ4v) is 4.72. The third-order valence-electron chi connectivity index (χ3n) is 6.09. The number of hydrogen-bond donors (Lipinski definition) is 1. The van der Waals surface area contributed by atoms with Crippen molar-refractivity contribution in [3.8, 4) is 11.8 Å². The third kappa shape index (κ3) is 5.39. The molecule has 2 aliphatic carbocycles. The molecule has 0 fully saturated rings. The highest BCUT2D eigenvalue weighted by molar-refractivity contribution is 6.30. The number of benzene rings is 1. The monoisotopic (exact) mass is 479 g/mol. The molecule has 2 aliphatic rings. The minimum atomic E-state index is -1.15. The van der Waals surface area contributed by atoms with Crippen LogP contribution in [0.2, 0.25) is 5.02 Å². The Morgan fingerprint density at radius 1 is 1.26 bits per heavy atom. The van der Waals surface area contributed by atoms with Crippen molar-refractivity contribution < 1.29 is 14.6 Å². The molecule has 0 heterocycles. The smallest absolute Gasteiger partial charge is 0.337 e. The van der Waals surface area contributed by atoms with Gasteiger partial charge in [-0.3, -0.25) is 4.90 Å². The van der Waals surface area contributed by atoms with Gasteiger partial charge in [0, 0.05) is 21.6 Å². The van der Waals surface area contributed by atoms with Crippen molar-refractivity contribution in [2.45, 2.75) is 52.7 Å². The van der Waals surface area contributed by atoms with Gasteiger partial charge in [0.2, 0.25) is 0 Å². The van der Waals surface area contributed by atoms with E-state index in [1.54, 1.807) is 0 Å². The summed E-state index contributed by atoms with van der Waals surface area (Å²) in [7, 11) is 3.96. The van der Waals surface area contributed by atoms with Gasteiger partial charge < -0.3 is 9.84 Å². The molecule has 0 saturated heterocycles. The molecule has 2 atom stereocenters. The van der Waals surface area contributed by atoms with Crippen LogP contribution in [0.4, 0.5) is 0 Å². The van der Waals surface area contributed by atoms with Gasteiger partial charge in [0.05, 0.1) is 12.1 Å². The number of carboxylic acids is 1. The number of allylic oxidation sites excluding steroid dienone is 6. The zero-order valence-corrected chi connectivity index (χ0v) is 21.9. The second kappa shape index (κ2) is 9.96. The van der Waals surface area contributed by atoms with E-state index in [1.165, 1.54) is 0 Å². The topological polar surface area (TPSA) is 49.8 Å². The van der Waals surface area contributed by atoms with Gasteiger partial charge in [-0.25, -0.2) is 4.79 Å². The molecule has 0 spiro atoms. The van der Waals surface area contributed by atoms with Gasteiger partial charge in [-0.15, -0.1) is 0 Å². The summed E-state index contributed by atoms with van der Waals surface area (Å²) in [6, 6.07) is 7.57. The van der Waals surface area contributed by atoms with Gasteiger partial charge in [-0.1, -0.05) is 60.7 Å². The van der Waals surface area contributed by atoms with Crippen molar-refractivity contribution in [2.75, 3.05) is 20.6 Å². The Morgan fingerprint density at radius 3 is 2.47 bits per heavy atom. The van der Waals surface area contributed by atoms with Crippen LogP contribution in [0, 0.1) is 17.3 Å². The van der Waals surface area contributed by atoms with E-state index >= 15 is 0 Å². The van der Waals surface area contributed by atoms with Crippen molar-refractivity contribution in [3.63, 3.8) is 0 Å². The molecule has 3 rings (SSSR count). The maximum atomic E-state index is 12.6. The SMILES string of the molecule is CC1=C(C#CCN(C)C)C2(C)CC=CC=C2C(c2ccc(Cl)cc2)=C1C(OC(C)(C)C)C(=O)O. The summed E-state index contributed by atoms with van der Waals surface area (Å²) in [4.78, 5) is 14.6. The lowest BCUT2D eigenvalue weighted by Crippen LogP contribution is -2.39. The highest BCUT2D eigenvalue weighted by Gasteiger charge is 2.44. The summed E-state index contributed by atoms with van der Waals surface area (Å²) < 4.78 is 6.17. The number of hydrogen-bond acceptors (Lipinski definition) is 3. The summed E-state index contributed by atoms with van der Waals surface area (Å²) in [6.07, 6.45) is 5.91. The van der Waals surface area contributed by atoms with E-state index in [9.17, 15) is 9.90 Å². The lowest BCUT2D eigenvalue weighted by molar-refractivity contribution is -0.155. The molecule has 180 valence electrons. The largest absolute Gasteiger partial charge is 0.479 e. The Morgan fingerprint density at radius 2 is 1.91 bits per heavy atom. The van der Waals surface area contributed by atoms with E-state index in [-0.39, 0.29) is 5.41 Å². The zero-order valence-electron chi connectivity index (χ0n) is 21.1. The number of carboxylic acid groups (broad SMARTS) is 1. The fraction of sp³-hybridized carbons (Fsp3) is 0.414. The van der Waals surface area contributed by atoms with Crippen LogP contribution in [0.3, 0.4) is 0 Å². The first-order chi connectivity index (χ1) is 15.8. The third-order valence-corrected chi connectivity index (χ3v) is 6.34. The molecule has 0 radical (unpaired) electrons. The summed E-state index contributed by atoms with van der Waals surface area (Å²) in [5, 5.41) is 11.0. The first-order valence-corrected chi connectivity index (χ1v) is 11.9. The van der Waals surface area contributed by atoms with Crippen LogP contribution in [0.15, 0.2) is 64.8 Å². The first kappa shape index (κ1) is 26.0. The number of fused-ring (bicyclic) bond motifs is 1. The number of halogens is 1. The van der Waals surface area contributed by atoms with Crippen LogP contribution in [-0.2, 0) is 9.53 Å². The summed E-state index contributed by atoms with van der Waals surface area (Å²) in [5.41, 5.74) is 4.28. The average molecular weight is 480 g/mol. The summed E-state index contributed by atoms with van der Waals surface area (Å²) >= 11 is 6.19. The minimum absolute atomic E-state index is 0.374. The predicted octanol–water partition coefficient (Wildman–Crippen LogP) is 6.15. The van der Waals surface area contributed by atoms with Crippen LogP contribution in [-0.4, -0.2) is 48.3 Å². The lowest BCUT2D eigenvalue weighted by atomic mass is 9.61. The lowest BCUT2D eigenvalue weighted by Gasteiger charge is -2.43. The van der Waals surface area contributed by atoms with Crippen LogP contribution >= 0.6 is 11.6 Å². The van der Waals surface area contributed by atoms with Gasteiger partial charge >= 0.3 is 5.97 Å². The molecule has 0 bridgehead atoms. The molecule has 4 nitrogen and oxygen atoms in total. The molecule has 1 N–H and O–H groups in total. The van der Waals surface area contributed by atoms with Crippen LogP contribution < -0.4 is 0 Å².